The Morgan fingerprint density at radius 2 is 1.80 bits per heavy atom. The summed E-state index contributed by atoms with van der Waals surface area (Å²) in [5, 5.41) is 2.92. The molecule has 2 aliphatic heterocycles. The van der Waals surface area contributed by atoms with Crippen molar-refractivity contribution in [2.24, 2.45) is 5.92 Å². The van der Waals surface area contributed by atoms with Gasteiger partial charge in [-0.25, -0.2) is 22.5 Å². The van der Waals surface area contributed by atoms with E-state index in [4.69, 9.17) is 0 Å². The lowest BCUT2D eigenvalue weighted by atomic mass is 9.77. The second kappa shape index (κ2) is 7.90. The van der Waals surface area contributed by atoms with Crippen molar-refractivity contribution in [2.75, 3.05) is 32.8 Å². The quantitative estimate of drug-likeness (QED) is 0.655. The van der Waals surface area contributed by atoms with Gasteiger partial charge in [-0.2, -0.15) is 4.31 Å². The number of nitrogens with zero attached hydrogens (tertiary/aromatic N) is 2. The molecular formula is C20H28FN4O4S+. The molecule has 0 aromatic heterocycles. The highest BCUT2D eigenvalue weighted by Crippen LogP contribution is 2.36. The smallest absolute Gasteiger partial charge is 0.323 e. The molecular weight excluding hydrogens is 411 g/mol. The van der Waals surface area contributed by atoms with Crippen molar-refractivity contribution in [2.45, 2.75) is 43.0 Å². The summed E-state index contributed by atoms with van der Waals surface area (Å²) in [6.45, 7) is 3.67. The Morgan fingerprint density at radius 1 is 1.17 bits per heavy atom. The molecule has 0 unspecified atom stereocenters. The van der Waals surface area contributed by atoms with Gasteiger partial charge in [-0.05, 0) is 43.7 Å². The number of piperazine rings is 1. The van der Waals surface area contributed by atoms with E-state index in [1.165, 1.54) is 27.4 Å². The molecule has 2 heterocycles. The highest BCUT2D eigenvalue weighted by molar-refractivity contribution is 7.89. The molecule has 0 bridgehead atoms. The Morgan fingerprint density at radius 3 is 2.43 bits per heavy atom. The average Bonchev–Trinajstić information content (AvgIpc) is 2.95. The summed E-state index contributed by atoms with van der Waals surface area (Å²) >= 11 is 0. The minimum Gasteiger partial charge on any atom is -0.323 e. The first-order valence-corrected chi connectivity index (χ1v) is 11.9. The molecule has 1 spiro atoms. The van der Waals surface area contributed by atoms with Crippen molar-refractivity contribution < 1.29 is 27.3 Å². The van der Waals surface area contributed by atoms with Gasteiger partial charge < -0.3 is 10.2 Å². The number of rotatable bonds is 4. The fourth-order valence-electron chi connectivity index (χ4n) is 4.63. The summed E-state index contributed by atoms with van der Waals surface area (Å²) in [4.78, 5) is 27.4. The van der Waals surface area contributed by atoms with Crippen LogP contribution >= 0.6 is 0 Å². The molecule has 8 nitrogen and oxygen atoms in total. The normalized spacial score (nSPS) is 28.9. The molecule has 0 radical (unpaired) electrons. The third-order valence-corrected chi connectivity index (χ3v) is 8.57. The monoisotopic (exact) mass is 439 g/mol. The molecule has 30 heavy (non-hydrogen) atoms. The van der Waals surface area contributed by atoms with Crippen LogP contribution in [0.15, 0.2) is 29.2 Å². The third-order valence-electron chi connectivity index (χ3n) is 6.64. The SMILES string of the molecule is CC1CCC2(CC1)NC(=O)N(C[NH+]1CCN(S(=O)(=O)c3ccccc3F)CC1)C2=O. The minimum atomic E-state index is -3.91. The zero-order chi connectivity index (χ0) is 21.5. The second-order valence-electron chi connectivity index (χ2n) is 8.67. The number of nitrogens with one attached hydrogen (secondary N) is 2. The number of urea groups is 1. The number of sulfonamides is 1. The standard InChI is InChI=1S/C20H27FN4O4S/c1-15-6-8-20(9-7-15)18(26)25(19(27)22-20)14-23-10-12-24(13-11-23)30(28,29)17-5-3-2-4-16(17)21/h2-5,15H,6-14H2,1H3,(H,22,27)/p+1. The topological polar surface area (TPSA) is 91.2 Å². The highest BCUT2D eigenvalue weighted by Gasteiger charge is 2.53. The van der Waals surface area contributed by atoms with E-state index in [0.717, 1.165) is 23.8 Å². The lowest BCUT2D eigenvalue weighted by molar-refractivity contribution is -0.910. The Bertz CT molecular complexity index is 938. The van der Waals surface area contributed by atoms with Crippen molar-refractivity contribution in [1.82, 2.24) is 14.5 Å². The zero-order valence-corrected chi connectivity index (χ0v) is 17.9. The van der Waals surface area contributed by atoms with Crippen molar-refractivity contribution >= 4 is 22.0 Å². The molecule has 164 valence electrons. The highest BCUT2D eigenvalue weighted by atomic mass is 32.2. The van der Waals surface area contributed by atoms with Crippen molar-refractivity contribution in [3.63, 3.8) is 0 Å². The van der Waals surface area contributed by atoms with Gasteiger partial charge in [-0.15, -0.1) is 0 Å². The number of carbonyl (C=O) groups is 2. The first-order chi connectivity index (χ1) is 14.2. The fraction of sp³-hybridized carbons (Fsp3) is 0.600. The van der Waals surface area contributed by atoms with Crippen LogP contribution in [-0.4, -0.2) is 67.9 Å². The van der Waals surface area contributed by atoms with Crippen LogP contribution in [0.25, 0.3) is 0 Å². The molecule has 2 saturated heterocycles. The molecule has 3 amide bonds. The van der Waals surface area contributed by atoms with Crippen molar-refractivity contribution in [3.05, 3.63) is 30.1 Å². The molecule has 1 aliphatic carbocycles. The van der Waals surface area contributed by atoms with E-state index in [9.17, 15) is 22.4 Å². The Balaban J connectivity index is 1.38. The van der Waals surface area contributed by atoms with Crippen molar-refractivity contribution in [1.29, 1.82) is 0 Å². The van der Waals surface area contributed by atoms with E-state index < -0.39 is 21.4 Å². The number of hydrogen-bond acceptors (Lipinski definition) is 4. The molecule has 0 atom stereocenters. The lowest BCUT2D eigenvalue weighted by Gasteiger charge is -2.34. The van der Waals surface area contributed by atoms with E-state index in [1.54, 1.807) is 0 Å². The molecule has 1 aromatic rings. The van der Waals surface area contributed by atoms with Gasteiger partial charge in [0, 0.05) is 0 Å². The molecule has 2 N–H and O–H groups in total. The summed E-state index contributed by atoms with van der Waals surface area (Å²) in [6.07, 6.45) is 3.16. The first-order valence-electron chi connectivity index (χ1n) is 10.5. The average molecular weight is 440 g/mol. The van der Waals surface area contributed by atoms with Gasteiger partial charge in [0.05, 0.1) is 26.2 Å². The van der Waals surface area contributed by atoms with E-state index in [2.05, 4.69) is 12.2 Å². The number of imide groups is 1. The zero-order valence-electron chi connectivity index (χ0n) is 17.1. The number of halogens is 1. The summed E-state index contributed by atoms with van der Waals surface area (Å²) < 4.78 is 40.7. The van der Waals surface area contributed by atoms with Gasteiger partial charge >= 0.3 is 6.03 Å². The van der Waals surface area contributed by atoms with Gasteiger partial charge in [0.15, 0.2) is 6.67 Å². The lowest BCUT2D eigenvalue weighted by Crippen LogP contribution is -3.16. The van der Waals surface area contributed by atoms with Crippen LogP contribution < -0.4 is 10.2 Å². The maximum Gasteiger partial charge on any atom is 0.329 e. The minimum absolute atomic E-state index is 0.159. The third kappa shape index (κ3) is 3.72. The maximum absolute atomic E-state index is 14.0. The summed E-state index contributed by atoms with van der Waals surface area (Å²) in [5.41, 5.74) is -0.765. The van der Waals surface area contributed by atoms with Crippen LogP contribution in [0.5, 0.6) is 0 Å². The first kappa shape index (κ1) is 21.2. The molecule has 1 saturated carbocycles. The van der Waals surface area contributed by atoms with Gasteiger partial charge in [-0.3, -0.25) is 4.79 Å². The van der Waals surface area contributed by atoms with Crippen LogP contribution in [0, 0.1) is 11.7 Å². The number of carbonyl (C=O) groups excluding carboxylic acids is 2. The van der Waals surface area contributed by atoms with E-state index in [0.29, 0.717) is 31.8 Å². The fourth-order valence-corrected chi connectivity index (χ4v) is 6.14. The van der Waals surface area contributed by atoms with E-state index in [1.807, 2.05) is 0 Å². The van der Waals surface area contributed by atoms with Crippen LogP contribution in [0.3, 0.4) is 0 Å². The predicted octanol–water partition coefficient (Wildman–Crippen LogP) is 0.173. The second-order valence-corrected chi connectivity index (χ2v) is 10.6. The van der Waals surface area contributed by atoms with Gasteiger partial charge in [0.2, 0.25) is 10.0 Å². The molecule has 1 aromatic carbocycles. The maximum atomic E-state index is 14.0. The Labute approximate surface area is 176 Å². The molecule has 3 fully saturated rings. The summed E-state index contributed by atoms with van der Waals surface area (Å²) in [6, 6.07) is 4.99. The Hall–Kier alpha value is -2.04. The van der Waals surface area contributed by atoms with E-state index in [-0.39, 0.29) is 36.6 Å². The Kier molecular flexibility index (Phi) is 5.58. The number of benzene rings is 1. The van der Waals surface area contributed by atoms with Crippen molar-refractivity contribution in [3.8, 4) is 0 Å². The predicted molar refractivity (Wildman–Crippen MR) is 106 cm³/mol. The van der Waals surface area contributed by atoms with E-state index >= 15 is 0 Å². The number of hydrogen-bond donors (Lipinski definition) is 2. The molecule has 4 rings (SSSR count). The largest absolute Gasteiger partial charge is 0.329 e. The number of quaternary nitrogens is 1. The van der Waals surface area contributed by atoms with Crippen LogP contribution in [0.2, 0.25) is 0 Å². The van der Waals surface area contributed by atoms with Crippen LogP contribution in [0.4, 0.5) is 9.18 Å². The van der Waals surface area contributed by atoms with Gasteiger partial charge in [0.25, 0.3) is 5.91 Å². The van der Waals surface area contributed by atoms with Crippen LogP contribution in [-0.2, 0) is 14.8 Å². The van der Waals surface area contributed by atoms with Crippen LogP contribution in [0.1, 0.15) is 32.6 Å². The molecule has 3 aliphatic rings. The van der Waals surface area contributed by atoms with Gasteiger partial charge in [0.1, 0.15) is 16.3 Å². The van der Waals surface area contributed by atoms with Gasteiger partial charge in [-0.1, -0.05) is 19.1 Å². The summed E-state index contributed by atoms with van der Waals surface area (Å²) in [5.74, 6) is -0.364. The number of amides is 3. The summed E-state index contributed by atoms with van der Waals surface area (Å²) in [7, 11) is -3.91. The molecule has 10 heteroatoms.